The van der Waals surface area contributed by atoms with Gasteiger partial charge in [-0.1, -0.05) is 11.8 Å². The quantitative estimate of drug-likeness (QED) is 0.732. The van der Waals surface area contributed by atoms with Crippen LogP contribution in [0.25, 0.3) is 0 Å². The van der Waals surface area contributed by atoms with Crippen molar-refractivity contribution in [1.29, 1.82) is 0 Å². The molecular weight excluding hydrogens is 268 g/mol. The van der Waals surface area contributed by atoms with Crippen LogP contribution >= 0.6 is 0 Å². The van der Waals surface area contributed by atoms with Crippen molar-refractivity contribution in [3.63, 3.8) is 0 Å². The van der Waals surface area contributed by atoms with Crippen LogP contribution in [0.3, 0.4) is 0 Å². The van der Waals surface area contributed by atoms with Gasteiger partial charge < -0.3 is 10.4 Å². The third-order valence-electron chi connectivity index (χ3n) is 2.98. The molecule has 0 radical (unpaired) electrons. The Labute approximate surface area is 122 Å². The van der Waals surface area contributed by atoms with E-state index in [1.165, 1.54) is 6.33 Å². The third kappa shape index (κ3) is 3.68. The van der Waals surface area contributed by atoms with E-state index in [2.05, 4.69) is 32.3 Å². The molecule has 0 aliphatic rings. The first kappa shape index (κ1) is 14.8. The third-order valence-corrected chi connectivity index (χ3v) is 2.98. The topological polar surface area (TPSA) is 90.9 Å². The summed E-state index contributed by atoms with van der Waals surface area (Å²) in [6.07, 6.45) is 1.40. The van der Waals surface area contributed by atoms with Crippen LogP contribution in [0.2, 0.25) is 0 Å². The SMILES string of the molecule is Cc1cc(C(=O)NC(C)c2ncn[nH]2)ccc1C#CCO. The Morgan fingerprint density at radius 2 is 2.33 bits per heavy atom. The number of rotatable bonds is 3. The number of aromatic nitrogens is 3. The molecule has 0 aliphatic heterocycles. The number of aryl methyl sites for hydroxylation is 1. The average Bonchev–Trinajstić information content (AvgIpc) is 3.00. The first-order valence-electron chi connectivity index (χ1n) is 6.48. The van der Waals surface area contributed by atoms with E-state index < -0.39 is 0 Å². The Morgan fingerprint density at radius 1 is 1.52 bits per heavy atom. The van der Waals surface area contributed by atoms with Gasteiger partial charge in [0.15, 0.2) is 0 Å². The van der Waals surface area contributed by atoms with Gasteiger partial charge in [-0.2, -0.15) is 5.10 Å². The molecule has 108 valence electrons. The second-order valence-electron chi connectivity index (χ2n) is 4.56. The number of aliphatic hydroxyl groups excluding tert-OH is 1. The molecule has 2 aromatic rings. The largest absolute Gasteiger partial charge is 0.384 e. The molecule has 1 amide bonds. The van der Waals surface area contributed by atoms with Crippen LogP contribution < -0.4 is 5.32 Å². The molecule has 0 saturated carbocycles. The van der Waals surface area contributed by atoms with Crippen molar-refractivity contribution in [3.05, 3.63) is 47.0 Å². The summed E-state index contributed by atoms with van der Waals surface area (Å²) in [7, 11) is 0. The molecule has 1 atom stereocenters. The van der Waals surface area contributed by atoms with Crippen LogP contribution in [-0.4, -0.2) is 32.8 Å². The predicted octanol–water partition coefficient (Wildman–Crippen LogP) is 0.948. The number of aliphatic hydroxyl groups is 1. The second-order valence-corrected chi connectivity index (χ2v) is 4.56. The zero-order valence-corrected chi connectivity index (χ0v) is 11.8. The van der Waals surface area contributed by atoms with Crippen LogP contribution in [0.1, 0.15) is 40.3 Å². The normalized spacial score (nSPS) is 11.4. The van der Waals surface area contributed by atoms with Crippen LogP contribution in [0.5, 0.6) is 0 Å². The van der Waals surface area contributed by atoms with Crippen molar-refractivity contribution in [1.82, 2.24) is 20.5 Å². The number of hydrogen-bond acceptors (Lipinski definition) is 4. The maximum atomic E-state index is 12.2. The lowest BCUT2D eigenvalue weighted by molar-refractivity contribution is 0.0938. The van der Waals surface area contributed by atoms with Gasteiger partial charge in [-0.3, -0.25) is 9.89 Å². The Bertz CT molecular complexity index is 683. The van der Waals surface area contributed by atoms with E-state index in [9.17, 15) is 4.79 Å². The molecule has 3 N–H and O–H groups in total. The highest BCUT2D eigenvalue weighted by atomic mass is 16.2. The maximum Gasteiger partial charge on any atom is 0.251 e. The lowest BCUT2D eigenvalue weighted by Gasteiger charge is -2.11. The summed E-state index contributed by atoms with van der Waals surface area (Å²) in [4.78, 5) is 16.2. The van der Waals surface area contributed by atoms with Gasteiger partial charge in [0, 0.05) is 11.1 Å². The summed E-state index contributed by atoms with van der Waals surface area (Å²) >= 11 is 0. The molecule has 0 fully saturated rings. The number of amides is 1. The van der Waals surface area contributed by atoms with Crippen molar-refractivity contribution in [2.24, 2.45) is 0 Å². The maximum absolute atomic E-state index is 12.2. The van der Waals surface area contributed by atoms with Gasteiger partial charge in [0.1, 0.15) is 18.8 Å². The van der Waals surface area contributed by atoms with Gasteiger partial charge in [-0.25, -0.2) is 4.98 Å². The molecule has 6 nitrogen and oxygen atoms in total. The molecule has 0 bridgehead atoms. The zero-order chi connectivity index (χ0) is 15.2. The van der Waals surface area contributed by atoms with Crippen LogP contribution in [0.15, 0.2) is 24.5 Å². The summed E-state index contributed by atoms with van der Waals surface area (Å²) in [5.41, 5.74) is 2.23. The van der Waals surface area contributed by atoms with E-state index in [-0.39, 0.29) is 18.6 Å². The number of hydrogen-bond donors (Lipinski definition) is 3. The number of nitrogens with zero attached hydrogens (tertiary/aromatic N) is 2. The van der Waals surface area contributed by atoms with Gasteiger partial charge in [-0.05, 0) is 37.6 Å². The molecule has 1 aromatic carbocycles. The fraction of sp³-hybridized carbons (Fsp3) is 0.267. The first-order valence-corrected chi connectivity index (χ1v) is 6.48. The van der Waals surface area contributed by atoms with Gasteiger partial charge >= 0.3 is 0 Å². The van der Waals surface area contributed by atoms with Crippen molar-refractivity contribution in [2.75, 3.05) is 6.61 Å². The van der Waals surface area contributed by atoms with E-state index in [4.69, 9.17) is 5.11 Å². The number of benzene rings is 1. The molecule has 0 saturated heterocycles. The van der Waals surface area contributed by atoms with Crippen LogP contribution in [-0.2, 0) is 0 Å². The van der Waals surface area contributed by atoms with Crippen LogP contribution in [0, 0.1) is 18.8 Å². The Kier molecular flexibility index (Phi) is 4.69. The molecule has 6 heteroatoms. The summed E-state index contributed by atoms with van der Waals surface area (Å²) in [6.45, 7) is 3.51. The number of carbonyl (C=O) groups excluding carboxylic acids is 1. The van der Waals surface area contributed by atoms with E-state index >= 15 is 0 Å². The molecule has 1 aromatic heterocycles. The van der Waals surface area contributed by atoms with Gasteiger partial charge in [0.25, 0.3) is 5.91 Å². The highest BCUT2D eigenvalue weighted by Crippen LogP contribution is 2.12. The highest BCUT2D eigenvalue weighted by molar-refractivity contribution is 5.94. The molecule has 0 aliphatic carbocycles. The molecule has 0 spiro atoms. The minimum atomic E-state index is -0.255. The first-order chi connectivity index (χ1) is 10.1. The predicted molar refractivity (Wildman–Crippen MR) is 77.4 cm³/mol. The number of aromatic amines is 1. The van der Waals surface area contributed by atoms with Crippen LogP contribution in [0.4, 0.5) is 0 Å². The van der Waals surface area contributed by atoms with Crippen molar-refractivity contribution in [2.45, 2.75) is 19.9 Å². The van der Waals surface area contributed by atoms with E-state index in [0.29, 0.717) is 11.4 Å². The lowest BCUT2D eigenvalue weighted by atomic mass is 10.0. The summed E-state index contributed by atoms with van der Waals surface area (Å²) in [5.74, 6) is 5.84. The summed E-state index contributed by atoms with van der Waals surface area (Å²) in [5, 5.41) is 18.0. The monoisotopic (exact) mass is 284 g/mol. The Morgan fingerprint density at radius 3 is 2.95 bits per heavy atom. The lowest BCUT2D eigenvalue weighted by Crippen LogP contribution is -2.27. The number of H-pyrrole nitrogens is 1. The summed E-state index contributed by atoms with van der Waals surface area (Å²) < 4.78 is 0. The van der Waals surface area contributed by atoms with E-state index in [1.54, 1.807) is 18.2 Å². The smallest absolute Gasteiger partial charge is 0.251 e. The highest BCUT2D eigenvalue weighted by Gasteiger charge is 2.13. The number of nitrogens with one attached hydrogen (secondary N) is 2. The minimum absolute atomic E-state index is 0.184. The average molecular weight is 284 g/mol. The second kappa shape index (κ2) is 6.68. The summed E-state index contributed by atoms with van der Waals surface area (Å²) in [6, 6.07) is 4.99. The van der Waals surface area contributed by atoms with Gasteiger partial charge in [-0.15, -0.1) is 0 Å². The fourth-order valence-electron chi connectivity index (χ4n) is 1.85. The molecule has 2 rings (SSSR count). The van der Waals surface area contributed by atoms with Crippen molar-refractivity contribution in [3.8, 4) is 11.8 Å². The van der Waals surface area contributed by atoms with Gasteiger partial charge in [0.2, 0.25) is 0 Å². The zero-order valence-electron chi connectivity index (χ0n) is 11.8. The number of carbonyl (C=O) groups is 1. The molecule has 1 heterocycles. The molecule has 1 unspecified atom stereocenters. The molecule has 21 heavy (non-hydrogen) atoms. The molecular formula is C15H16N4O2. The minimum Gasteiger partial charge on any atom is -0.384 e. The Hall–Kier alpha value is -2.65. The van der Waals surface area contributed by atoms with Crippen molar-refractivity contribution >= 4 is 5.91 Å². The van der Waals surface area contributed by atoms with Crippen molar-refractivity contribution < 1.29 is 9.90 Å². The Balaban J connectivity index is 2.11. The van der Waals surface area contributed by atoms with E-state index in [1.807, 2.05) is 13.8 Å². The van der Waals surface area contributed by atoms with Gasteiger partial charge in [0.05, 0.1) is 6.04 Å². The van der Waals surface area contributed by atoms with E-state index in [0.717, 1.165) is 11.1 Å². The standard InChI is InChI=1S/C15H16N4O2/c1-10-8-13(6-5-12(10)4-3-7-20)15(21)18-11(2)14-16-9-17-19-14/h5-6,8-9,11,20H,7H2,1-2H3,(H,18,21)(H,16,17,19). The fourth-order valence-corrected chi connectivity index (χ4v) is 1.85.